The summed E-state index contributed by atoms with van der Waals surface area (Å²) in [6.45, 7) is 9.73. The van der Waals surface area contributed by atoms with E-state index in [-0.39, 0.29) is 5.75 Å². The van der Waals surface area contributed by atoms with Gasteiger partial charge in [-0.2, -0.15) is 15.8 Å². The number of nitriles is 3. The molecule has 0 fully saturated rings. The average molecular weight is 708 g/mol. The Morgan fingerprint density at radius 2 is 1.00 bits per heavy atom. The zero-order valence-electron chi connectivity index (χ0n) is 23.1. The van der Waals surface area contributed by atoms with Gasteiger partial charge in [0.2, 0.25) is 0 Å². The van der Waals surface area contributed by atoms with Gasteiger partial charge in [0.15, 0.2) is 0 Å². The third-order valence-electron chi connectivity index (χ3n) is 5.74. The fourth-order valence-corrected chi connectivity index (χ4v) is 4.29. The summed E-state index contributed by atoms with van der Waals surface area (Å²) >= 11 is 5.57. The number of phenols is 2. The van der Waals surface area contributed by atoms with Gasteiger partial charge in [-0.25, -0.2) is 0 Å². The first kappa shape index (κ1) is 34.2. The van der Waals surface area contributed by atoms with Gasteiger partial charge in [0, 0.05) is 8.90 Å². The number of halogens is 2. The Morgan fingerprint density at radius 3 is 1.43 bits per heavy atom. The highest BCUT2D eigenvalue weighted by molar-refractivity contribution is 14.1. The topological polar surface area (TPSA) is 112 Å². The molecule has 0 aliphatic carbocycles. The van der Waals surface area contributed by atoms with Crippen LogP contribution in [0.2, 0.25) is 0 Å². The van der Waals surface area contributed by atoms with Crippen LogP contribution in [0.5, 0.6) is 11.5 Å². The quantitative estimate of drug-likeness (QED) is 0.152. The van der Waals surface area contributed by atoms with E-state index < -0.39 is 0 Å². The van der Waals surface area contributed by atoms with Crippen LogP contribution in [0.1, 0.15) is 50.1 Å². The summed E-state index contributed by atoms with van der Waals surface area (Å²) in [4.78, 5) is 0. The van der Waals surface area contributed by atoms with E-state index in [2.05, 4.69) is 50.7 Å². The molecule has 0 heterocycles. The number of nitrogens with zero attached hydrogens (tertiary/aromatic N) is 3. The Labute approximate surface area is 259 Å². The van der Waals surface area contributed by atoms with Crippen LogP contribution < -0.4 is 0 Å². The second-order valence-electron chi connectivity index (χ2n) is 8.84. The molecule has 0 saturated heterocycles. The Hall–Kier alpha value is -3.84. The van der Waals surface area contributed by atoms with E-state index in [1.54, 1.807) is 25.1 Å². The van der Waals surface area contributed by atoms with Crippen molar-refractivity contribution in [2.45, 2.75) is 39.9 Å². The van der Waals surface area contributed by atoms with Crippen LogP contribution in [-0.2, 0) is 5.33 Å². The van der Waals surface area contributed by atoms with Gasteiger partial charge >= 0.3 is 0 Å². The minimum atomic E-state index is 0.235. The molecule has 0 amide bonds. The summed E-state index contributed by atoms with van der Waals surface area (Å²) in [7, 11) is 0. The Kier molecular flexibility index (Phi) is 15.1. The fourth-order valence-electron chi connectivity index (χ4n) is 3.04. The van der Waals surface area contributed by atoms with Gasteiger partial charge in [0.1, 0.15) is 11.5 Å². The molecule has 0 spiro atoms. The van der Waals surface area contributed by atoms with E-state index in [1.165, 1.54) is 28.3 Å². The number of phenolic OH excluding ortho intramolecular Hbond substituents is 2. The van der Waals surface area contributed by atoms with E-state index >= 15 is 0 Å². The van der Waals surface area contributed by atoms with Gasteiger partial charge in [-0.1, -0.05) is 28.1 Å². The second-order valence-corrected chi connectivity index (χ2v) is 10.6. The van der Waals surface area contributed by atoms with Crippen molar-refractivity contribution in [1.29, 1.82) is 15.8 Å². The summed E-state index contributed by atoms with van der Waals surface area (Å²) in [6.07, 6.45) is 0. The van der Waals surface area contributed by atoms with Crippen molar-refractivity contribution in [2.75, 3.05) is 0 Å². The van der Waals surface area contributed by atoms with Gasteiger partial charge in [-0.15, -0.1) is 0 Å². The van der Waals surface area contributed by atoms with Crippen LogP contribution in [0.4, 0.5) is 0 Å². The number of hydrogen-bond donors (Lipinski definition) is 2. The van der Waals surface area contributed by atoms with E-state index in [0.717, 1.165) is 31.2 Å². The van der Waals surface area contributed by atoms with E-state index in [9.17, 15) is 0 Å². The van der Waals surface area contributed by atoms with Crippen molar-refractivity contribution in [3.05, 3.63) is 126 Å². The predicted octanol–water partition coefficient (Wildman–Crippen LogP) is 8.81. The molecule has 0 aliphatic heterocycles. The van der Waals surface area contributed by atoms with Crippen molar-refractivity contribution in [3.63, 3.8) is 0 Å². The van der Waals surface area contributed by atoms with Crippen LogP contribution in [0.15, 0.2) is 72.8 Å². The first-order valence-electron chi connectivity index (χ1n) is 12.1. The normalized spacial score (nSPS) is 9.10. The molecule has 0 saturated carbocycles. The zero-order chi connectivity index (χ0) is 30.2. The van der Waals surface area contributed by atoms with Gasteiger partial charge in [-0.3, -0.25) is 0 Å². The minimum absolute atomic E-state index is 0.235. The molecule has 4 rings (SSSR count). The summed E-state index contributed by atoms with van der Waals surface area (Å²) in [5.41, 5.74) is 8.53. The van der Waals surface area contributed by atoms with Crippen molar-refractivity contribution in [3.8, 4) is 29.7 Å². The molecular formula is C33H31BrIN3O2. The third-order valence-corrected chi connectivity index (χ3v) is 7.02. The molecule has 40 heavy (non-hydrogen) atoms. The van der Waals surface area contributed by atoms with E-state index in [1.807, 2.05) is 82.3 Å². The SMILES string of the molecule is Cc1cc(C#N)ccc1O.Cc1cc(I)ccc1O.Cc1ccc(C#N)cc1C.Cc1ccc(C#N)cc1CBr. The summed E-state index contributed by atoms with van der Waals surface area (Å²) in [5, 5.41) is 44.4. The number of aryl methyl sites for hydroxylation is 5. The number of benzene rings is 4. The molecular weight excluding hydrogens is 677 g/mol. The first-order valence-corrected chi connectivity index (χ1v) is 14.3. The Bertz CT molecular complexity index is 1500. The molecule has 4 aromatic rings. The number of hydrogen-bond acceptors (Lipinski definition) is 5. The first-order chi connectivity index (χ1) is 18.9. The molecule has 0 aromatic heterocycles. The number of rotatable bonds is 1. The van der Waals surface area contributed by atoms with Gasteiger partial charge < -0.3 is 10.2 Å². The Balaban J connectivity index is 0.000000267. The molecule has 5 nitrogen and oxygen atoms in total. The minimum Gasteiger partial charge on any atom is -0.508 e. The van der Waals surface area contributed by atoms with Crippen LogP contribution in [0.3, 0.4) is 0 Å². The fraction of sp³-hybridized carbons (Fsp3) is 0.182. The molecule has 0 aliphatic rings. The van der Waals surface area contributed by atoms with Crippen molar-refractivity contribution >= 4 is 38.5 Å². The molecule has 204 valence electrons. The number of alkyl halides is 1. The lowest BCUT2D eigenvalue weighted by molar-refractivity contribution is 0.470. The molecule has 0 radical (unpaired) electrons. The predicted molar refractivity (Wildman–Crippen MR) is 172 cm³/mol. The third kappa shape index (κ3) is 11.9. The monoisotopic (exact) mass is 707 g/mol. The van der Waals surface area contributed by atoms with Crippen LogP contribution in [-0.4, -0.2) is 10.2 Å². The molecule has 4 aromatic carbocycles. The molecule has 2 N–H and O–H groups in total. The molecule has 7 heteroatoms. The highest BCUT2D eigenvalue weighted by atomic mass is 127. The maximum atomic E-state index is 9.04. The largest absolute Gasteiger partial charge is 0.508 e. The Morgan fingerprint density at radius 1 is 0.575 bits per heavy atom. The van der Waals surface area contributed by atoms with Crippen LogP contribution in [0, 0.1) is 72.2 Å². The van der Waals surface area contributed by atoms with Gasteiger partial charge in [-0.05, 0) is 151 Å². The maximum Gasteiger partial charge on any atom is 0.118 e. The van der Waals surface area contributed by atoms with E-state index in [0.29, 0.717) is 11.3 Å². The average Bonchev–Trinajstić information content (AvgIpc) is 2.95. The number of aromatic hydroxyl groups is 2. The molecule has 0 bridgehead atoms. The van der Waals surface area contributed by atoms with E-state index in [4.69, 9.17) is 26.0 Å². The van der Waals surface area contributed by atoms with Gasteiger partial charge in [0.05, 0.1) is 34.9 Å². The summed E-state index contributed by atoms with van der Waals surface area (Å²) in [6, 6.07) is 27.9. The van der Waals surface area contributed by atoms with Crippen LogP contribution in [0.25, 0.3) is 0 Å². The zero-order valence-corrected chi connectivity index (χ0v) is 26.9. The highest BCUT2D eigenvalue weighted by Gasteiger charge is 1.97. The van der Waals surface area contributed by atoms with Crippen molar-refractivity contribution in [1.82, 2.24) is 0 Å². The van der Waals surface area contributed by atoms with Crippen molar-refractivity contribution < 1.29 is 10.2 Å². The summed E-state index contributed by atoms with van der Waals surface area (Å²) in [5.74, 6) is 0.606. The second kappa shape index (κ2) is 17.7. The molecule has 0 atom stereocenters. The van der Waals surface area contributed by atoms with Crippen molar-refractivity contribution in [2.24, 2.45) is 0 Å². The maximum absolute atomic E-state index is 9.04. The van der Waals surface area contributed by atoms with Gasteiger partial charge in [0.25, 0.3) is 0 Å². The molecule has 0 unspecified atom stereocenters. The lowest BCUT2D eigenvalue weighted by Gasteiger charge is -2.00. The van der Waals surface area contributed by atoms with Crippen LogP contribution >= 0.6 is 38.5 Å². The summed E-state index contributed by atoms with van der Waals surface area (Å²) < 4.78 is 1.16. The standard InChI is InChI=1S/C9H8BrN.C9H9N.C8H7NO.C7H7IO/c1-7-2-3-8(6-11)4-9(7)5-10;1-7-3-4-9(6-10)5-8(7)2;1-6-4-7(5-9)2-3-8(6)10;1-5-4-6(8)2-3-7(5)9/h2-4H,5H2,1H3;3-5H,1-2H3;2-4,10H,1H3;2-4,9H,1H3. The highest BCUT2D eigenvalue weighted by Crippen LogP contribution is 2.18. The smallest absolute Gasteiger partial charge is 0.118 e. The lowest BCUT2D eigenvalue weighted by Crippen LogP contribution is -1.85. The lowest BCUT2D eigenvalue weighted by atomic mass is 10.1.